The molecule has 0 unspecified atom stereocenters. The van der Waals surface area contributed by atoms with E-state index in [-0.39, 0.29) is 27.2 Å². The first-order chi connectivity index (χ1) is 14.1. The zero-order valence-electron chi connectivity index (χ0n) is 16.4. The summed E-state index contributed by atoms with van der Waals surface area (Å²) in [6.45, 7) is 5.95. The van der Waals surface area contributed by atoms with Crippen molar-refractivity contribution in [3.8, 4) is 0 Å². The number of benzene rings is 1. The minimum absolute atomic E-state index is 0.125. The average molecular weight is 448 g/mol. The van der Waals surface area contributed by atoms with Gasteiger partial charge in [0.25, 0.3) is 5.91 Å². The van der Waals surface area contributed by atoms with Crippen molar-refractivity contribution >= 4 is 52.3 Å². The van der Waals surface area contributed by atoms with Crippen molar-refractivity contribution in [2.45, 2.75) is 26.2 Å². The Labute approximate surface area is 182 Å². The van der Waals surface area contributed by atoms with Crippen LogP contribution in [0.3, 0.4) is 0 Å². The molecule has 0 radical (unpaired) electrons. The number of pyridine rings is 1. The smallest absolute Gasteiger partial charge is 0.324 e. The van der Waals surface area contributed by atoms with Gasteiger partial charge in [0.1, 0.15) is 16.1 Å². The van der Waals surface area contributed by atoms with E-state index in [9.17, 15) is 9.59 Å². The van der Waals surface area contributed by atoms with Gasteiger partial charge in [0.05, 0.1) is 0 Å². The number of anilines is 3. The van der Waals surface area contributed by atoms with Crippen molar-refractivity contribution in [3.05, 3.63) is 64.1 Å². The zero-order valence-corrected chi connectivity index (χ0v) is 17.9. The van der Waals surface area contributed by atoms with Crippen LogP contribution in [0, 0.1) is 0 Å². The van der Waals surface area contributed by atoms with Gasteiger partial charge in [-0.05, 0) is 36.4 Å². The second-order valence-corrected chi connectivity index (χ2v) is 8.21. The van der Waals surface area contributed by atoms with Gasteiger partial charge in [-0.2, -0.15) is 0 Å². The van der Waals surface area contributed by atoms with Crippen LogP contribution in [-0.2, 0) is 5.41 Å². The quantitative estimate of drug-likeness (QED) is 0.452. The van der Waals surface area contributed by atoms with Crippen molar-refractivity contribution in [1.29, 1.82) is 0 Å². The number of nitrogens with zero attached hydrogens (tertiary/aromatic N) is 2. The highest BCUT2D eigenvalue weighted by Crippen LogP contribution is 2.24. The zero-order chi connectivity index (χ0) is 21.9. The molecule has 0 spiro atoms. The fraction of sp³-hybridized carbons (Fsp3) is 0.200. The number of aromatic nitrogens is 2. The molecule has 10 heteroatoms. The maximum Gasteiger partial charge on any atom is 0.324 e. The Morgan fingerprint density at radius 1 is 0.900 bits per heavy atom. The van der Waals surface area contributed by atoms with E-state index in [1.54, 1.807) is 30.3 Å². The van der Waals surface area contributed by atoms with Gasteiger partial charge in [0.2, 0.25) is 0 Å². The molecule has 2 heterocycles. The number of halogens is 2. The summed E-state index contributed by atoms with van der Waals surface area (Å²) in [5.41, 5.74) is 1.13. The first-order valence-corrected chi connectivity index (χ1v) is 9.65. The Bertz CT molecular complexity index is 1050. The van der Waals surface area contributed by atoms with Gasteiger partial charge in [0.15, 0.2) is 5.82 Å². The Kier molecular flexibility index (Phi) is 6.28. The molecule has 156 valence electrons. The largest absolute Gasteiger partial charge is 0.359 e. The van der Waals surface area contributed by atoms with Gasteiger partial charge >= 0.3 is 6.03 Å². The topological polar surface area (TPSA) is 109 Å². The van der Waals surface area contributed by atoms with Crippen molar-refractivity contribution in [2.75, 3.05) is 16.0 Å². The van der Waals surface area contributed by atoms with Gasteiger partial charge in [-0.1, -0.05) is 49.1 Å². The van der Waals surface area contributed by atoms with Gasteiger partial charge in [-0.25, -0.2) is 9.78 Å². The van der Waals surface area contributed by atoms with Crippen LogP contribution in [0.4, 0.5) is 22.0 Å². The van der Waals surface area contributed by atoms with E-state index in [0.29, 0.717) is 23.0 Å². The van der Waals surface area contributed by atoms with Crippen LogP contribution < -0.4 is 16.0 Å². The Morgan fingerprint density at radius 2 is 1.47 bits per heavy atom. The number of rotatable bonds is 4. The Balaban J connectivity index is 1.58. The standard InChI is InChI=1S/C20H19Cl2N5O3/c1-20(2,3)14-10-17(27-30-14)26-19(29)24-13-6-4-12(5-7-13)23-18(28)11-8-15(21)25-16(22)9-11/h4-10H,1-3H3,(H,23,28)(H2,24,26,27,29). The summed E-state index contributed by atoms with van der Waals surface area (Å²) in [6.07, 6.45) is 0. The number of carbonyl (C=O) groups excluding carboxylic acids is 2. The molecule has 8 nitrogen and oxygen atoms in total. The molecule has 0 saturated carbocycles. The highest BCUT2D eigenvalue weighted by molar-refractivity contribution is 6.33. The molecule has 3 aromatic rings. The van der Waals surface area contributed by atoms with Crippen molar-refractivity contribution in [1.82, 2.24) is 10.1 Å². The van der Waals surface area contributed by atoms with Gasteiger partial charge < -0.3 is 15.2 Å². The Morgan fingerprint density at radius 3 is 2.00 bits per heavy atom. The van der Waals surface area contributed by atoms with Crippen LogP contribution in [0.25, 0.3) is 0 Å². The van der Waals surface area contributed by atoms with Crippen LogP contribution in [0.1, 0.15) is 36.9 Å². The first-order valence-electron chi connectivity index (χ1n) is 8.90. The number of nitrogens with one attached hydrogen (secondary N) is 3. The number of urea groups is 1. The molecule has 0 aliphatic heterocycles. The third-order valence-electron chi connectivity index (χ3n) is 3.92. The lowest BCUT2D eigenvalue weighted by atomic mass is 9.93. The summed E-state index contributed by atoms with van der Waals surface area (Å²) >= 11 is 11.6. The van der Waals surface area contributed by atoms with Crippen LogP contribution in [-0.4, -0.2) is 22.1 Å². The van der Waals surface area contributed by atoms with Crippen LogP contribution in [0.2, 0.25) is 10.3 Å². The molecule has 2 aromatic heterocycles. The summed E-state index contributed by atoms with van der Waals surface area (Å²) in [4.78, 5) is 28.3. The second-order valence-electron chi connectivity index (χ2n) is 7.44. The van der Waals surface area contributed by atoms with Gasteiger partial charge in [-0.15, -0.1) is 0 Å². The van der Waals surface area contributed by atoms with Crippen LogP contribution >= 0.6 is 23.2 Å². The summed E-state index contributed by atoms with van der Waals surface area (Å²) in [7, 11) is 0. The molecule has 3 N–H and O–H groups in total. The van der Waals surface area contributed by atoms with E-state index < -0.39 is 6.03 Å². The number of hydrogen-bond acceptors (Lipinski definition) is 5. The Hall–Kier alpha value is -3.10. The fourth-order valence-electron chi connectivity index (χ4n) is 2.40. The lowest BCUT2D eigenvalue weighted by Crippen LogP contribution is -2.19. The van der Waals surface area contributed by atoms with E-state index in [2.05, 4.69) is 26.1 Å². The van der Waals surface area contributed by atoms with Gasteiger partial charge in [-0.3, -0.25) is 10.1 Å². The fourth-order valence-corrected chi connectivity index (χ4v) is 2.86. The molecule has 0 bridgehead atoms. The molecule has 0 saturated heterocycles. The molecule has 3 rings (SSSR count). The first kappa shape index (κ1) is 21.6. The average Bonchev–Trinajstić information content (AvgIpc) is 3.11. The van der Waals surface area contributed by atoms with E-state index in [1.807, 2.05) is 20.8 Å². The van der Waals surface area contributed by atoms with Crippen molar-refractivity contribution in [2.24, 2.45) is 0 Å². The predicted molar refractivity (Wildman–Crippen MR) is 116 cm³/mol. The third-order valence-corrected chi connectivity index (χ3v) is 4.30. The molecule has 0 fully saturated rings. The highest BCUT2D eigenvalue weighted by Gasteiger charge is 2.20. The normalized spacial score (nSPS) is 11.1. The summed E-state index contributed by atoms with van der Waals surface area (Å²) in [5, 5.41) is 12.1. The van der Waals surface area contributed by atoms with Crippen LogP contribution in [0.5, 0.6) is 0 Å². The maximum atomic E-state index is 12.3. The number of carbonyl (C=O) groups is 2. The molecule has 1 aromatic carbocycles. The van der Waals surface area contributed by atoms with E-state index >= 15 is 0 Å². The maximum absolute atomic E-state index is 12.3. The van der Waals surface area contributed by atoms with Crippen LogP contribution in [0.15, 0.2) is 47.0 Å². The number of amides is 3. The number of hydrogen-bond donors (Lipinski definition) is 3. The summed E-state index contributed by atoms with van der Waals surface area (Å²) < 4.78 is 5.23. The SMILES string of the molecule is CC(C)(C)c1cc(NC(=O)Nc2ccc(NC(=O)c3cc(Cl)nc(Cl)c3)cc2)no1. The van der Waals surface area contributed by atoms with E-state index in [0.717, 1.165) is 0 Å². The lowest BCUT2D eigenvalue weighted by molar-refractivity contribution is 0.102. The molecule has 0 atom stereocenters. The predicted octanol–water partition coefficient (Wildman–Crippen LogP) is 5.57. The highest BCUT2D eigenvalue weighted by atomic mass is 35.5. The van der Waals surface area contributed by atoms with E-state index in [4.69, 9.17) is 27.7 Å². The molecular formula is C20H19Cl2N5O3. The molecule has 0 aliphatic carbocycles. The van der Waals surface area contributed by atoms with Crippen molar-refractivity contribution < 1.29 is 14.1 Å². The van der Waals surface area contributed by atoms with E-state index in [1.165, 1.54) is 12.1 Å². The third kappa shape index (κ3) is 5.71. The molecular weight excluding hydrogens is 429 g/mol. The summed E-state index contributed by atoms with van der Waals surface area (Å²) in [5.74, 6) is 0.589. The van der Waals surface area contributed by atoms with Crippen molar-refractivity contribution in [3.63, 3.8) is 0 Å². The minimum atomic E-state index is -0.471. The second kappa shape index (κ2) is 8.73. The van der Waals surface area contributed by atoms with Gasteiger partial charge in [0, 0.05) is 28.4 Å². The minimum Gasteiger partial charge on any atom is -0.359 e. The molecule has 0 aliphatic rings. The lowest BCUT2D eigenvalue weighted by Gasteiger charge is -2.12. The summed E-state index contributed by atoms with van der Waals surface area (Å²) in [6, 6.07) is 10.6. The molecule has 3 amide bonds. The molecule has 30 heavy (non-hydrogen) atoms. The monoisotopic (exact) mass is 447 g/mol.